The summed E-state index contributed by atoms with van der Waals surface area (Å²) in [6, 6.07) is 11.4. The Balaban J connectivity index is 0.00000320. The smallest absolute Gasteiger partial charge is 0.191 e. The van der Waals surface area contributed by atoms with Crippen LogP contribution in [0.4, 0.5) is 0 Å². The number of nitrogens with zero attached hydrogens (tertiary/aromatic N) is 3. The van der Waals surface area contributed by atoms with Gasteiger partial charge in [0.1, 0.15) is 0 Å². The largest absolute Gasteiger partial charge is 0.383 e. The number of ether oxygens (including phenoxy) is 1. The van der Waals surface area contributed by atoms with Gasteiger partial charge in [-0.2, -0.15) is 0 Å². The molecule has 0 radical (unpaired) electrons. The molecule has 0 aromatic heterocycles. The summed E-state index contributed by atoms with van der Waals surface area (Å²) < 4.78 is 5.19. The maximum atomic E-state index is 5.19. The van der Waals surface area contributed by atoms with Gasteiger partial charge in [0, 0.05) is 46.4 Å². The Morgan fingerprint density at radius 2 is 1.80 bits per heavy atom. The van der Waals surface area contributed by atoms with Crippen molar-refractivity contribution in [2.45, 2.75) is 38.3 Å². The first-order valence-electron chi connectivity index (χ1n) is 11.2. The highest BCUT2D eigenvalue weighted by molar-refractivity contribution is 14.0. The van der Waals surface area contributed by atoms with Gasteiger partial charge in [-0.25, -0.2) is 0 Å². The van der Waals surface area contributed by atoms with Crippen LogP contribution in [0.2, 0.25) is 0 Å². The highest BCUT2D eigenvalue weighted by Crippen LogP contribution is 2.19. The molecular formula is C23H40IN5O. The third-order valence-electron chi connectivity index (χ3n) is 6.33. The SMILES string of the molecule is CN=C(NCC1CCN(CCOC)CC1)NCC1CCCN1Cc1ccccc1.I. The molecule has 1 atom stereocenters. The minimum atomic E-state index is 0. The van der Waals surface area contributed by atoms with Crippen LogP contribution in [-0.2, 0) is 11.3 Å². The summed E-state index contributed by atoms with van der Waals surface area (Å²) in [6.45, 7) is 8.45. The van der Waals surface area contributed by atoms with Crippen molar-refractivity contribution in [3.05, 3.63) is 35.9 Å². The van der Waals surface area contributed by atoms with Crippen LogP contribution >= 0.6 is 24.0 Å². The van der Waals surface area contributed by atoms with Crippen molar-refractivity contribution in [1.82, 2.24) is 20.4 Å². The van der Waals surface area contributed by atoms with Gasteiger partial charge < -0.3 is 20.3 Å². The van der Waals surface area contributed by atoms with E-state index in [-0.39, 0.29) is 24.0 Å². The van der Waals surface area contributed by atoms with E-state index in [2.05, 4.69) is 55.8 Å². The van der Waals surface area contributed by atoms with Crippen molar-refractivity contribution in [2.75, 3.05) is 60.0 Å². The summed E-state index contributed by atoms with van der Waals surface area (Å²) in [5, 5.41) is 7.14. The summed E-state index contributed by atoms with van der Waals surface area (Å²) in [6.07, 6.45) is 5.05. The predicted molar refractivity (Wildman–Crippen MR) is 136 cm³/mol. The van der Waals surface area contributed by atoms with E-state index in [1.807, 2.05) is 7.05 Å². The second kappa shape index (κ2) is 14.2. The Morgan fingerprint density at radius 3 is 2.50 bits per heavy atom. The monoisotopic (exact) mass is 529 g/mol. The number of halogens is 1. The molecule has 1 aromatic rings. The number of methoxy groups -OCH3 is 1. The average molecular weight is 530 g/mol. The van der Waals surface area contributed by atoms with Crippen molar-refractivity contribution in [3.8, 4) is 0 Å². The number of guanidine groups is 1. The van der Waals surface area contributed by atoms with Gasteiger partial charge in [0.2, 0.25) is 0 Å². The van der Waals surface area contributed by atoms with E-state index in [1.165, 1.54) is 50.9 Å². The van der Waals surface area contributed by atoms with Crippen LogP contribution in [0.25, 0.3) is 0 Å². The third kappa shape index (κ3) is 8.32. The van der Waals surface area contributed by atoms with E-state index >= 15 is 0 Å². The van der Waals surface area contributed by atoms with E-state index in [0.717, 1.165) is 44.7 Å². The number of nitrogens with one attached hydrogen (secondary N) is 2. The molecule has 1 aromatic carbocycles. The number of rotatable bonds is 9. The lowest BCUT2D eigenvalue weighted by atomic mass is 9.97. The molecule has 0 spiro atoms. The predicted octanol–water partition coefficient (Wildman–Crippen LogP) is 2.79. The van der Waals surface area contributed by atoms with Gasteiger partial charge in [0.25, 0.3) is 0 Å². The molecule has 7 heteroatoms. The highest BCUT2D eigenvalue weighted by Gasteiger charge is 2.25. The number of hydrogen-bond acceptors (Lipinski definition) is 4. The molecule has 0 aliphatic carbocycles. The number of aliphatic imine (C=N–C) groups is 1. The summed E-state index contributed by atoms with van der Waals surface area (Å²) in [5.74, 6) is 1.67. The first-order chi connectivity index (χ1) is 14.3. The number of likely N-dealkylation sites (tertiary alicyclic amines) is 2. The minimum absolute atomic E-state index is 0. The van der Waals surface area contributed by atoms with Gasteiger partial charge >= 0.3 is 0 Å². The van der Waals surface area contributed by atoms with E-state index in [4.69, 9.17) is 4.74 Å². The first-order valence-corrected chi connectivity index (χ1v) is 11.2. The summed E-state index contributed by atoms with van der Waals surface area (Å²) in [5.41, 5.74) is 1.40. The van der Waals surface area contributed by atoms with Crippen molar-refractivity contribution in [3.63, 3.8) is 0 Å². The van der Waals surface area contributed by atoms with Gasteiger partial charge in [-0.05, 0) is 56.8 Å². The highest BCUT2D eigenvalue weighted by atomic mass is 127. The maximum absolute atomic E-state index is 5.19. The quantitative estimate of drug-likeness (QED) is 0.293. The van der Waals surface area contributed by atoms with E-state index in [9.17, 15) is 0 Å². The molecule has 1 unspecified atom stereocenters. The average Bonchev–Trinajstić information content (AvgIpc) is 3.20. The van der Waals surface area contributed by atoms with Crippen molar-refractivity contribution in [2.24, 2.45) is 10.9 Å². The summed E-state index contributed by atoms with van der Waals surface area (Å²) >= 11 is 0. The lowest BCUT2D eigenvalue weighted by Crippen LogP contribution is -2.46. The Kier molecular flexibility index (Phi) is 12.0. The molecule has 2 heterocycles. The van der Waals surface area contributed by atoms with Crippen LogP contribution in [0.5, 0.6) is 0 Å². The van der Waals surface area contributed by atoms with E-state index in [1.54, 1.807) is 7.11 Å². The Labute approximate surface area is 199 Å². The molecule has 30 heavy (non-hydrogen) atoms. The molecule has 170 valence electrons. The zero-order valence-electron chi connectivity index (χ0n) is 18.7. The lowest BCUT2D eigenvalue weighted by molar-refractivity contribution is 0.121. The van der Waals surface area contributed by atoms with Crippen molar-refractivity contribution < 1.29 is 4.74 Å². The lowest BCUT2D eigenvalue weighted by Gasteiger charge is -2.32. The molecule has 2 fully saturated rings. The molecule has 3 rings (SSSR count). The molecule has 2 N–H and O–H groups in total. The molecule has 0 amide bonds. The van der Waals surface area contributed by atoms with Gasteiger partial charge in [-0.15, -0.1) is 24.0 Å². The third-order valence-corrected chi connectivity index (χ3v) is 6.33. The number of piperidine rings is 1. The standard InChI is InChI=1S/C23H39N5O.HI/c1-24-23(25-17-20-10-13-27(14-11-20)15-16-29-2)26-18-22-9-6-12-28(22)19-21-7-4-3-5-8-21;/h3-5,7-8,20,22H,6,9-19H2,1-2H3,(H2,24,25,26);1H. The normalized spacial score (nSPS) is 21.4. The fourth-order valence-electron chi connectivity index (χ4n) is 4.46. The Hall–Kier alpha value is -0.900. The van der Waals surface area contributed by atoms with Crippen LogP contribution in [0.1, 0.15) is 31.2 Å². The minimum Gasteiger partial charge on any atom is -0.383 e. The van der Waals surface area contributed by atoms with E-state index < -0.39 is 0 Å². The van der Waals surface area contributed by atoms with Crippen LogP contribution < -0.4 is 10.6 Å². The maximum Gasteiger partial charge on any atom is 0.191 e. The Bertz CT molecular complexity index is 607. The fraction of sp³-hybridized carbons (Fsp3) is 0.696. The zero-order valence-corrected chi connectivity index (χ0v) is 21.0. The molecule has 0 saturated carbocycles. The van der Waals surface area contributed by atoms with Gasteiger partial charge in [-0.1, -0.05) is 30.3 Å². The van der Waals surface area contributed by atoms with Crippen LogP contribution in [0.3, 0.4) is 0 Å². The van der Waals surface area contributed by atoms with Crippen molar-refractivity contribution >= 4 is 29.9 Å². The van der Waals surface area contributed by atoms with Gasteiger partial charge in [0.05, 0.1) is 6.61 Å². The molecule has 6 nitrogen and oxygen atoms in total. The second-order valence-electron chi connectivity index (χ2n) is 8.36. The van der Waals surface area contributed by atoms with Gasteiger partial charge in [-0.3, -0.25) is 9.89 Å². The number of benzene rings is 1. The number of hydrogen-bond donors (Lipinski definition) is 2. The second-order valence-corrected chi connectivity index (χ2v) is 8.36. The molecule has 2 saturated heterocycles. The van der Waals surface area contributed by atoms with Crippen molar-refractivity contribution in [1.29, 1.82) is 0 Å². The van der Waals surface area contributed by atoms with Crippen LogP contribution in [-0.4, -0.2) is 81.8 Å². The van der Waals surface area contributed by atoms with E-state index in [0.29, 0.717) is 6.04 Å². The van der Waals surface area contributed by atoms with Gasteiger partial charge in [0.15, 0.2) is 5.96 Å². The first kappa shape index (κ1) is 25.4. The molecule has 2 aliphatic rings. The molecule has 0 bridgehead atoms. The zero-order chi connectivity index (χ0) is 20.3. The summed E-state index contributed by atoms with van der Waals surface area (Å²) in [4.78, 5) is 9.56. The van der Waals surface area contributed by atoms with Crippen LogP contribution in [0, 0.1) is 5.92 Å². The van der Waals surface area contributed by atoms with Crippen LogP contribution in [0.15, 0.2) is 35.3 Å². The fourth-order valence-corrected chi connectivity index (χ4v) is 4.46. The molecular weight excluding hydrogens is 489 g/mol. The molecule has 2 aliphatic heterocycles. The Morgan fingerprint density at radius 1 is 1.07 bits per heavy atom. The summed E-state index contributed by atoms with van der Waals surface area (Å²) in [7, 11) is 3.65. The topological polar surface area (TPSA) is 52.1 Å².